The van der Waals surface area contributed by atoms with Gasteiger partial charge in [0.05, 0.1) is 16.7 Å². The van der Waals surface area contributed by atoms with Crippen LogP contribution in [0.1, 0.15) is 17.3 Å². The van der Waals surface area contributed by atoms with Gasteiger partial charge in [-0.25, -0.2) is 0 Å². The maximum Gasteiger partial charge on any atom is 0.159 e. The zero-order valence-electron chi connectivity index (χ0n) is 26.4. The molecule has 0 unspecified atom stereocenters. The predicted octanol–water partition coefficient (Wildman–Crippen LogP) is 12.3. The number of hydrogen-bond donors (Lipinski definition) is 0. The Morgan fingerprint density at radius 1 is 0.500 bits per heavy atom. The molecule has 0 bridgehead atoms. The zero-order valence-corrected chi connectivity index (χ0v) is 29.6. The summed E-state index contributed by atoms with van der Waals surface area (Å²) in [5.41, 5.74) is 9.88. The maximum absolute atomic E-state index is 12.8. The molecule has 5 aromatic carbocycles. The lowest BCUT2D eigenvalue weighted by Gasteiger charge is -2.20. The monoisotopic (exact) mass is 671 g/mol. The van der Waals surface area contributed by atoms with Gasteiger partial charge in [-0.15, -0.1) is 47.0 Å². The minimum absolute atomic E-state index is 0.0619. The summed E-state index contributed by atoms with van der Waals surface area (Å²) >= 11 is 7.02. The number of carbonyl (C=O) groups excluding carboxylic acids is 1. The van der Waals surface area contributed by atoms with E-state index in [1.54, 1.807) is 54.0 Å². The number of ketones is 1. The minimum Gasteiger partial charge on any atom is -0.307 e. The van der Waals surface area contributed by atoms with Crippen molar-refractivity contribution < 1.29 is 4.79 Å². The first-order valence-corrected chi connectivity index (χ1v) is 19.9. The molecule has 0 amide bonds. The largest absolute Gasteiger partial charge is 0.307 e. The normalized spacial score (nSPS) is 11.6. The van der Waals surface area contributed by atoms with Crippen molar-refractivity contribution in [3.63, 3.8) is 0 Å². The fourth-order valence-electron chi connectivity index (χ4n) is 6.42. The lowest BCUT2D eigenvalue weighted by Crippen LogP contribution is -2.00. The summed E-state index contributed by atoms with van der Waals surface area (Å²) < 4.78 is 2.44. The van der Waals surface area contributed by atoms with Gasteiger partial charge in [-0.05, 0) is 109 Å². The Kier molecular flexibility index (Phi) is 8.73. The SMILES string of the molecule is CSc1ccc(-c2c(-c3ccc(SC)cc3)n3c4cc(C(C)=O)ccc4c(-c4ccc(SC)cc4)c3c3ccc(SC)cc23)cc1. The molecule has 7 aromatic rings. The Morgan fingerprint density at radius 2 is 0.978 bits per heavy atom. The Balaban J connectivity index is 1.76. The highest BCUT2D eigenvalue weighted by Crippen LogP contribution is 2.48. The standard InChI is InChI=1S/C40H33NOS4/c1-24(42)28-12-20-34-36(22-28)41-39(27-10-17-31(45-4)18-11-27)38(26-8-15-30(44-3)16-9-26)35-23-32(46-5)19-21-33(35)40(41)37(34)25-6-13-29(43-2)14-7-25/h6-23H,1-5H3. The van der Waals surface area contributed by atoms with Gasteiger partial charge >= 0.3 is 0 Å². The summed E-state index contributed by atoms with van der Waals surface area (Å²) in [7, 11) is 0. The molecule has 0 aliphatic heterocycles. The van der Waals surface area contributed by atoms with E-state index in [0.717, 1.165) is 33.2 Å². The van der Waals surface area contributed by atoms with Crippen molar-refractivity contribution in [3.05, 3.63) is 115 Å². The van der Waals surface area contributed by atoms with Gasteiger partial charge in [-0.3, -0.25) is 4.79 Å². The Bertz CT molecular complexity index is 2250. The van der Waals surface area contributed by atoms with Crippen molar-refractivity contribution in [2.45, 2.75) is 26.5 Å². The average molecular weight is 672 g/mol. The maximum atomic E-state index is 12.8. The predicted molar refractivity (Wildman–Crippen MR) is 206 cm³/mol. The molecular formula is C40H33NOS4. The second-order valence-electron chi connectivity index (χ2n) is 11.2. The van der Waals surface area contributed by atoms with E-state index in [9.17, 15) is 4.79 Å². The Morgan fingerprint density at radius 3 is 1.50 bits per heavy atom. The van der Waals surface area contributed by atoms with Gasteiger partial charge in [-0.1, -0.05) is 54.6 Å². The number of rotatable bonds is 8. The van der Waals surface area contributed by atoms with Crippen LogP contribution in [0.5, 0.6) is 0 Å². The summed E-state index contributed by atoms with van der Waals surface area (Å²) in [5.74, 6) is 0.0619. The molecule has 228 valence electrons. The Labute approximate surface area is 287 Å². The highest BCUT2D eigenvalue weighted by atomic mass is 32.2. The number of aromatic nitrogens is 1. The topological polar surface area (TPSA) is 21.5 Å². The van der Waals surface area contributed by atoms with Gasteiger partial charge in [-0.2, -0.15) is 0 Å². The van der Waals surface area contributed by atoms with Crippen molar-refractivity contribution in [1.82, 2.24) is 4.40 Å². The molecule has 2 nitrogen and oxygen atoms in total. The molecule has 7 rings (SSSR count). The van der Waals surface area contributed by atoms with E-state index in [1.165, 1.54) is 47.0 Å². The van der Waals surface area contributed by atoms with Gasteiger partial charge in [0.1, 0.15) is 0 Å². The summed E-state index contributed by atoms with van der Waals surface area (Å²) in [6.07, 6.45) is 8.48. The molecule has 0 spiro atoms. The third-order valence-corrected chi connectivity index (χ3v) is 11.7. The van der Waals surface area contributed by atoms with Gasteiger partial charge in [0.2, 0.25) is 0 Å². The van der Waals surface area contributed by atoms with Gasteiger partial charge in [0.25, 0.3) is 0 Å². The van der Waals surface area contributed by atoms with Crippen LogP contribution < -0.4 is 0 Å². The van der Waals surface area contributed by atoms with E-state index in [1.807, 2.05) is 6.07 Å². The van der Waals surface area contributed by atoms with Crippen LogP contribution >= 0.6 is 47.0 Å². The molecule has 0 saturated heterocycles. The first kappa shape index (κ1) is 31.1. The average Bonchev–Trinajstić information content (AvgIpc) is 3.45. The quantitative estimate of drug-likeness (QED) is 0.118. The summed E-state index contributed by atoms with van der Waals surface area (Å²) in [4.78, 5) is 17.7. The number of fused-ring (bicyclic) bond motifs is 5. The van der Waals surface area contributed by atoms with E-state index in [4.69, 9.17) is 0 Å². The van der Waals surface area contributed by atoms with Crippen LogP contribution in [0.25, 0.3) is 60.7 Å². The molecule has 0 atom stereocenters. The van der Waals surface area contributed by atoms with Crippen LogP contribution in [0.4, 0.5) is 0 Å². The lowest BCUT2D eigenvalue weighted by molar-refractivity contribution is 0.101. The van der Waals surface area contributed by atoms with Crippen molar-refractivity contribution in [2.24, 2.45) is 0 Å². The van der Waals surface area contributed by atoms with Crippen LogP contribution in [0.2, 0.25) is 0 Å². The molecule has 46 heavy (non-hydrogen) atoms. The third-order valence-electron chi connectivity index (χ3n) is 8.71. The molecule has 0 radical (unpaired) electrons. The summed E-state index contributed by atoms with van der Waals surface area (Å²) in [6.45, 7) is 1.65. The van der Waals surface area contributed by atoms with Crippen LogP contribution in [-0.2, 0) is 0 Å². The first-order chi connectivity index (χ1) is 22.4. The molecule has 0 saturated carbocycles. The van der Waals surface area contributed by atoms with Crippen LogP contribution in [-0.4, -0.2) is 35.2 Å². The second-order valence-corrected chi connectivity index (χ2v) is 14.7. The van der Waals surface area contributed by atoms with Crippen LogP contribution in [0.15, 0.2) is 129 Å². The molecule has 6 heteroatoms. The van der Waals surface area contributed by atoms with E-state index in [0.29, 0.717) is 5.56 Å². The molecule has 0 aliphatic carbocycles. The minimum atomic E-state index is 0.0619. The number of pyridine rings is 1. The van der Waals surface area contributed by atoms with Crippen LogP contribution in [0.3, 0.4) is 0 Å². The van der Waals surface area contributed by atoms with Crippen molar-refractivity contribution >= 4 is 80.0 Å². The smallest absolute Gasteiger partial charge is 0.159 e. The van der Waals surface area contributed by atoms with E-state index >= 15 is 0 Å². The lowest BCUT2D eigenvalue weighted by atomic mass is 9.92. The number of carbonyl (C=O) groups is 1. The zero-order chi connectivity index (χ0) is 31.9. The van der Waals surface area contributed by atoms with Gasteiger partial charge < -0.3 is 4.40 Å². The number of hydrogen-bond acceptors (Lipinski definition) is 5. The summed E-state index contributed by atoms with van der Waals surface area (Å²) in [6, 6.07) is 39.9. The van der Waals surface area contributed by atoms with Gasteiger partial charge in [0.15, 0.2) is 5.78 Å². The number of nitrogens with zero attached hydrogens (tertiary/aromatic N) is 1. The number of benzene rings is 5. The van der Waals surface area contributed by atoms with Crippen molar-refractivity contribution in [1.29, 1.82) is 0 Å². The first-order valence-electron chi connectivity index (χ1n) is 15.0. The fraction of sp³-hybridized carbons (Fsp3) is 0.125. The third kappa shape index (κ3) is 5.35. The summed E-state index contributed by atoms with van der Waals surface area (Å²) in [5, 5.41) is 3.54. The second kappa shape index (κ2) is 12.9. The van der Waals surface area contributed by atoms with Crippen molar-refractivity contribution in [2.75, 3.05) is 25.0 Å². The van der Waals surface area contributed by atoms with E-state index < -0.39 is 0 Å². The van der Waals surface area contributed by atoms with Gasteiger partial charge in [0, 0.05) is 47.0 Å². The van der Waals surface area contributed by atoms with E-state index in [-0.39, 0.29) is 5.78 Å². The fourth-order valence-corrected chi connectivity index (χ4v) is 8.08. The molecule has 0 N–H and O–H groups in total. The van der Waals surface area contributed by atoms with Crippen LogP contribution in [0, 0.1) is 0 Å². The highest BCUT2D eigenvalue weighted by molar-refractivity contribution is 7.99. The molecule has 0 aliphatic rings. The molecule has 2 heterocycles. The number of Topliss-reactive ketones (excluding diaryl/α,β-unsaturated/α-hetero) is 1. The van der Waals surface area contributed by atoms with Crippen molar-refractivity contribution in [3.8, 4) is 33.5 Å². The molecular weight excluding hydrogens is 639 g/mol. The number of thioether (sulfide) groups is 4. The Hall–Kier alpha value is -3.55. The molecule has 2 aromatic heterocycles. The van der Waals surface area contributed by atoms with E-state index in [2.05, 4.69) is 133 Å². The highest BCUT2D eigenvalue weighted by Gasteiger charge is 2.25. The molecule has 0 fully saturated rings.